The monoisotopic (exact) mass is 278 g/mol. The van der Waals surface area contributed by atoms with Crippen molar-refractivity contribution in [3.63, 3.8) is 0 Å². The van der Waals surface area contributed by atoms with Gasteiger partial charge in [-0.3, -0.25) is 9.89 Å². The van der Waals surface area contributed by atoms with E-state index in [0.29, 0.717) is 17.8 Å². The number of carbonyl (C=O) groups is 1. The van der Waals surface area contributed by atoms with E-state index in [-0.39, 0.29) is 5.91 Å². The molecule has 5 heteroatoms. The van der Waals surface area contributed by atoms with Crippen LogP contribution in [0.2, 0.25) is 0 Å². The molecule has 1 aliphatic rings. The lowest BCUT2D eigenvalue weighted by Crippen LogP contribution is -2.40. The van der Waals surface area contributed by atoms with E-state index in [1.54, 1.807) is 0 Å². The largest absolute Gasteiger partial charge is 0.333 e. The second kappa shape index (κ2) is 6.86. The van der Waals surface area contributed by atoms with Gasteiger partial charge < -0.3 is 4.90 Å². The fraction of sp³-hybridized carbons (Fsp3) is 0.800. The second-order valence-electron chi connectivity index (χ2n) is 6.08. The van der Waals surface area contributed by atoms with E-state index in [1.807, 2.05) is 11.8 Å². The number of hydrogen-bond acceptors (Lipinski definition) is 3. The maximum absolute atomic E-state index is 12.7. The third-order valence-corrected chi connectivity index (χ3v) is 4.03. The van der Waals surface area contributed by atoms with Gasteiger partial charge in [-0.2, -0.15) is 0 Å². The topological polar surface area (TPSA) is 61.9 Å². The lowest BCUT2D eigenvalue weighted by atomic mass is 10.1. The molecule has 0 aliphatic heterocycles. The average Bonchev–Trinajstić information content (AvgIpc) is 3.09. The van der Waals surface area contributed by atoms with Crippen molar-refractivity contribution in [1.82, 2.24) is 20.1 Å². The summed E-state index contributed by atoms with van der Waals surface area (Å²) in [7, 11) is 0. The predicted octanol–water partition coefficient (Wildman–Crippen LogP) is 2.80. The Morgan fingerprint density at radius 1 is 1.40 bits per heavy atom. The van der Waals surface area contributed by atoms with Gasteiger partial charge in [0, 0.05) is 19.0 Å². The quantitative estimate of drug-likeness (QED) is 0.870. The number of amides is 1. The van der Waals surface area contributed by atoms with Gasteiger partial charge in [0.05, 0.1) is 0 Å². The first-order valence-corrected chi connectivity index (χ1v) is 7.84. The summed E-state index contributed by atoms with van der Waals surface area (Å²) in [5.41, 5.74) is 0. The Bertz CT molecular complexity index is 435. The van der Waals surface area contributed by atoms with Crippen LogP contribution < -0.4 is 0 Å². The van der Waals surface area contributed by atoms with Crippen molar-refractivity contribution < 1.29 is 4.79 Å². The number of rotatable bonds is 6. The molecule has 1 saturated carbocycles. The molecule has 0 radical (unpaired) electrons. The van der Waals surface area contributed by atoms with Crippen LogP contribution in [0.3, 0.4) is 0 Å². The molecule has 0 aromatic carbocycles. The van der Waals surface area contributed by atoms with Gasteiger partial charge in [0.25, 0.3) is 5.91 Å². The van der Waals surface area contributed by atoms with Crippen molar-refractivity contribution in [3.8, 4) is 0 Å². The van der Waals surface area contributed by atoms with Gasteiger partial charge >= 0.3 is 0 Å². The lowest BCUT2D eigenvalue weighted by molar-refractivity contribution is 0.0659. The molecular weight excluding hydrogens is 252 g/mol. The number of nitrogens with zero attached hydrogens (tertiary/aromatic N) is 3. The lowest BCUT2D eigenvalue weighted by Gasteiger charge is -2.28. The Labute approximate surface area is 121 Å². The summed E-state index contributed by atoms with van der Waals surface area (Å²) in [6.07, 6.45) is 6.50. The Hall–Kier alpha value is -1.39. The van der Waals surface area contributed by atoms with Crippen LogP contribution in [0.25, 0.3) is 0 Å². The van der Waals surface area contributed by atoms with E-state index in [4.69, 9.17) is 0 Å². The summed E-state index contributed by atoms with van der Waals surface area (Å²) < 4.78 is 0. The maximum atomic E-state index is 12.7. The number of aromatic nitrogens is 3. The molecule has 0 saturated heterocycles. The van der Waals surface area contributed by atoms with E-state index in [0.717, 1.165) is 38.1 Å². The van der Waals surface area contributed by atoms with Gasteiger partial charge in [-0.05, 0) is 25.2 Å². The van der Waals surface area contributed by atoms with Crippen LogP contribution in [0.4, 0.5) is 0 Å². The Kier molecular flexibility index (Phi) is 5.15. The number of H-pyrrole nitrogens is 1. The van der Waals surface area contributed by atoms with Crippen LogP contribution in [0.5, 0.6) is 0 Å². The standard InChI is InChI=1S/C15H26N4O/c1-4-13-16-14(18-17-13)15(20)19(10-9-11(2)3)12-7-5-6-8-12/h11-12H,4-10H2,1-3H3,(H,16,17,18). The van der Waals surface area contributed by atoms with Crippen LogP contribution in [0, 0.1) is 5.92 Å². The molecule has 1 aromatic heterocycles. The minimum atomic E-state index is -0.00602. The second-order valence-corrected chi connectivity index (χ2v) is 6.08. The molecule has 1 aromatic rings. The Morgan fingerprint density at radius 2 is 2.10 bits per heavy atom. The van der Waals surface area contributed by atoms with Gasteiger partial charge in [-0.15, -0.1) is 5.10 Å². The normalized spacial score (nSPS) is 16.0. The molecular formula is C15H26N4O. The smallest absolute Gasteiger partial charge is 0.293 e. The highest BCUT2D eigenvalue weighted by Gasteiger charge is 2.29. The third-order valence-electron chi connectivity index (χ3n) is 4.03. The summed E-state index contributed by atoms with van der Waals surface area (Å²) in [6, 6.07) is 0.379. The SMILES string of the molecule is CCc1nc(C(=O)N(CCC(C)C)C2CCCC2)n[nH]1. The van der Waals surface area contributed by atoms with Gasteiger partial charge in [0.15, 0.2) is 0 Å². The van der Waals surface area contributed by atoms with Gasteiger partial charge in [-0.25, -0.2) is 4.98 Å². The molecule has 112 valence electrons. The van der Waals surface area contributed by atoms with Crippen LogP contribution in [-0.4, -0.2) is 38.6 Å². The molecule has 1 aliphatic carbocycles. The van der Waals surface area contributed by atoms with E-state index >= 15 is 0 Å². The highest BCUT2D eigenvalue weighted by molar-refractivity contribution is 5.90. The molecule has 1 amide bonds. The first kappa shape index (κ1) is 15.0. The molecule has 20 heavy (non-hydrogen) atoms. The zero-order valence-corrected chi connectivity index (χ0v) is 12.9. The number of aromatic amines is 1. The summed E-state index contributed by atoms with van der Waals surface area (Å²) in [4.78, 5) is 19.0. The number of carbonyl (C=O) groups excluding carboxylic acids is 1. The molecule has 0 bridgehead atoms. The number of nitrogens with one attached hydrogen (secondary N) is 1. The average molecular weight is 278 g/mol. The Balaban J connectivity index is 2.09. The van der Waals surface area contributed by atoms with Crippen molar-refractivity contribution in [2.45, 2.75) is 65.3 Å². The van der Waals surface area contributed by atoms with Crippen LogP contribution in [0.15, 0.2) is 0 Å². The minimum Gasteiger partial charge on any atom is -0.333 e. The highest BCUT2D eigenvalue weighted by Crippen LogP contribution is 2.25. The molecule has 5 nitrogen and oxygen atoms in total. The molecule has 0 atom stereocenters. The van der Waals surface area contributed by atoms with Crippen molar-refractivity contribution in [2.75, 3.05) is 6.54 Å². The van der Waals surface area contributed by atoms with Gasteiger partial charge in [0.1, 0.15) is 5.82 Å². The first-order valence-electron chi connectivity index (χ1n) is 7.84. The molecule has 0 unspecified atom stereocenters. The van der Waals surface area contributed by atoms with Crippen LogP contribution in [-0.2, 0) is 6.42 Å². The number of hydrogen-bond donors (Lipinski definition) is 1. The highest BCUT2D eigenvalue weighted by atomic mass is 16.2. The summed E-state index contributed by atoms with van der Waals surface area (Å²) in [5.74, 6) is 1.71. The fourth-order valence-corrected chi connectivity index (χ4v) is 2.74. The zero-order valence-electron chi connectivity index (χ0n) is 12.9. The first-order chi connectivity index (χ1) is 9.61. The maximum Gasteiger partial charge on any atom is 0.293 e. The fourth-order valence-electron chi connectivity index (χ4n) is 2.74. The molecule has 2 rings (SSSR count). The minimum absolute atomic E-state index is 0.00602. The molecule has 1 N–H and O–H groups in total. The molecule has 1 fully saturated rings. The predicted molar refractivity (Wildman–Crippen MR) is 78.5 cm³/mol. The Morgan fingerprint density at radius 3 is 2.65 bits per heavy atom. The summed E-state index contributed by atoms with van der Waals surface area (Å²) in [6.45, 7) is 7.21. The van der Waals surface area contributed by atoms with Gasteiger partial charge in [-0.1, -0.05) is 33.6 Å². The van der Waals surface area contributed by atoms with E-state index in [1.165, 1.54) is 12.8 Å². The van der Waals surface area contributed by atoms with Crippen LogP contribution in [0.1, 0.15) is 69.3 Å². The number of aryl methyl sites for hydroxylation is 1. The van der Waals surface area contributed by atoms with Crippen molar-refractivity contribution in [1.29, 1.82) is 0 Å². The van der Waals surface area contributed by atoms with E-state index < -0.39 is 0 Å². The van der Waals surface area contributed by atoms with E-state index in [9.17, 15) is 4.79 Å². The van der Waals surface area contributed by atoms with Gasteiger partial charge in [0.2, 0.25) is 5.82 Å². The molecule has 1 heterocycles. The summed E-state index contributed by atoms with van der Waals surface area (Å²) in [5, 5.41) is 6.92. The van der Waals surface area contributed by atoms with Crippen molar-refractivity contribution in [2.24, 2.45) is 5.92 Å². The van der Waals surface area contributed by atoms with Crippen molar-refractivity contribution in [3.05, 3.63) is 11.6 Å². The molecule has 0 spiro atoms. The summed E-state index contributed by atoms with van der Waals surface area (Å²) >= 11 is 0. The zero-order chi connectivity index (χ0) is 14.5. The third kappa shape index (κ3) is 3.58. The van der Waals surface area contributed by atoms with Crippen LogP contribution >= 0.6 is 0 Å². The van der Waals surface area contributed by atoms with Crippen molar-refractivity contribution >= 4 is 5.91 Å². The van der Waals surface area contributed by atoms with E-state index in [2.05, 4.69) is 29.0 Å².